The summed E-state index contributed by atoms with van der Waals surface area (Å²) in [6.45, 7) is 5.92. The summed E-state index contributed by atoms with van der Waals surface area (Å²) in [6.07, 6.45) is 0. The number of hydrogen-bond acceptors (Lipinski definition) is 4. The quantitative estimate of drug-likeness (QED) is 0.764. The minimum atomic E-state index is -0.284. The van der Waals surface area contributed by atoms with Crippen LogP contribution < -0.4 is 19.7 Å². The zero-order valence-electron chi connectivity index (χ0n) is 14.7. The first-order valence-electron chi connectivity index (χ1n) is 8.18. The van der Waals surface area contributed by atoms with Crippen molar-refractivity contribution in [2.24, 2.45) is 0 Å². The Morgan fingerprint density at radius 2 is 1.92 bits per heavy atom. The number of amides is 1. The lowest BCUT2D eigenvalue weighted by molar-refractivity contribution is -0.118. The molecule has 25 heavy (non-hydrogen) atoms. The smallest absolute Gasteiger partial charge is 0.262 e. The second-order valence-corrected chi connectivity index (χ2v) is 5.79. The number of ether oxygens (including phenoxy) is 2. The fraction of sp³-hybridized carbons (Fsp3) is 0.316. The van der Waals surface area contributed by atoms with E-state index in [1.807, 2.05) is 24.3 Å². The molecular weight excluding hydrogens is 340 g/mol. The van der Waals surface area contributed by atoms with E-state index in [9.17, 15) is 4.79 Å². The number of benzene rings is 2. The number of nitrogens with one attached hydrogen (secondary N) is 1. The van der Waals surface area contributed by atoms with E-state index >= 15 is 0 Å². The number of rotatable bonds is 8. The first kappa shape index (κ1) is 18.9. The van der Waals surface area contributed by atoms with Crippen molar-refractivity contribution in [1.29, 1.82) is 0 Å². The average Bonchev–Trinajstić information content (AvgIpc) is 2.62. The monoisotopic (exact) mass is 362 g/mol. The van der Waals surface area contributed by atoms with E-state index in [1.54, 1.807) is 18.2 Å². The van der Waals surface area contributed by atoms with E-state index in [0.717, 1.165) is 18.8 Å². The van der Waals surface area contributed by atoms with Gasteiger partial charge < -0.3 is 19.7 Å². The summed E-state index contributed by atoms with van der Waals surface area (Å²) in [7, 11) is 1.54. The number of anilines is 2. The standard InChI is InChI=1S/C19H23ClN2O3/c1-4-22(5-2)15-7-6-8-16(12-15)25-13-19(23)21-17-11-14(20)9-10-18(17)24-3/h6-12H,4-5,13H2,1-3H3,(H,21,23). The molecule has 0 bridgehead atoms. The molecule has 0 aliphatic heterocycles. The first-order valence-corrected chi connectivity index (χ1v) is 8.56. The van der Waals surface area contributed by atoms with Crippen LogP contribution in [0.3, 0.4) is 0 Å². The van der Waals surface area contributed by atoms with Crippen molar-refractivity contribution in [3.8, 4) is 11.5 Å². The largest absolute Gasteiger partial charge is 0.495 e. The van der Waals surface area contributed by atoms with E-state index < -0.39 is 0 Å². The second-order valence-electron chi connectivity index (χ2n) is 5.35. The van der Waals surface area contributed by atoms with Crippen LogP contribution in [0.4, 0.5) is 11.4 Å². The third-order valence-electron chi connectivity index (χ3n) is 3.75. The molecule has 0 heterocycles. The van der Waals surface area contributed by atoms with Crippen LogP contribution in [0.15, 0.2) is 42.5 Å². The van der Waals surface area contributed by atoms with E-state index in [4.69, 9.17) is 21.1 Å². The second kappa shape index (κ2) is 9.18. The number of nitrogens with zero attached hydrogens (tertiary/aromatic N) is 1. The van der Waals surface area contributed by atoms with Crippen molar-refractivity contribution in [2.75, 3.05) is 37.0 Å². The van der Waals surface area contributed by atoms with Gasteiger partial charge in [0.05, 0.1) is 12.8 Å². The molecule has 0 saturated heterocycles. The molecule has 1 amide bonds. The summed E-state index contributed by atoms with van der Waals surface area (Å²) in [5.41, 5.74) is 1.58. The van der Waals surface area contributed by atoms with Crippen LogP contribution in [0, 0.1) is 0 Å². The Hall–Kier alpha value is -2.40. The fourth-order valence-electron chi connectivity index (χ4n) is 2.47. The molecule has 134 valence electrons. The molecule has 1 N–H and O–H groups in total. The predicted molar refractivity (Wildman–Crippen MR) is 102 cm³/mol. The van der Waals surface area contributed by atoms with Gasteiger partial charge in [-0.25, -0.2) is 0 Å². The van der Waals surface area contributed by atoms with Crippen LogP contribution in [-0.4, -0.2) is 32.7 Å². The summed E-state index contributed by atoms with van der Waals surface area (Å²) in [4.78, 5) is 14.4. The summed E-state index contributed by atoms with van der Waals surface area (Å²) >= 11 is 5.96. The van der Waals surface area contributed by atoms with Crippen LogP contribution in [0.1, 0.15) is 13.8 Å². The molecule has 0 atom stereocenters. The van der Waals surface area contributed by atoms with Crippen molar-refractivity contribution < 1.29 is 14.3 Å². The lowest BCUT2D eigenvalue weighted by atomic mass is 10.2. The minimum absolute atomic E-state index is 0.0998. The molecule has 2 rings (SSSR count). The van der Waals surface area contributed by atoms with Crippen LogP contribution in [0.5, 0.6) is 11.5 Å². The molecule has 0 spiro atoms. The van der Waals surface area contributed by atoms with Gasteiger partial charge in [-0.3, -0.25) is 4.79 Å². The molecule has 0 fully saturated rings. The Morgan fingerprint density at radius 1 is 1.16 bits per heavy atom. The SMILES string of the molecule is CCN(CC)c1cccc(OCC(=O)Nc2cc(Cl)ccc2OC)c1. The average molecular weight is 363 g/mol. The van der Waals surface area contributed by atoms with Gasteiger partial charge in [0, 0.05) is 29.9 Å². The number of carbonyl (C=O) groups is 1. The summed E-state index contributed by atoms with van der Waals surface area (Å²) in [5, 5.41) is 3.27. The highest BCUT2D eigenvalue weighted by Crippen LogP contribution is 2.27. The molecule has 6 heteroatoms. The van der Waals surface area contributed by atoms with Crippen LogP contribution >= 0.6 is 11.6 Å². The van der Waals surface area contributed by atoms with Gasteiger partial charge in [0.15, 0.2) is 6.61 Å². The van der Waals surface area contributed by atoms with Gasteiger partial charge in [-0.05, 0) is 44.2 Å². The van der Waals surface area contributed by atoms with E-state index in [0.29, 0.717) is 22.2 Å². The van der Waals surface area contributed by atoms with Gasteiger partial charge >= 0.3 is 0 Å². The predicted octanol–water partition coefficient (Wildman–Crippen LogP) is 4.21. The summed E-state index contributed by atoms with van der Waals surface area (Å²) in [6, 6.07) is 12.7. The molecule has 2 aromatic carbocycles. The maximum Gasteiger partial charge on any atom is 0.262 e. The van der Waals surface area contributed by atoms with E-state index in [-0.39, 0.29) is 12.5 Å². The molecular formula is C19H23ClN2O3. The Balaban J connectivity index is 1.99. The summed E-state index contributed by atoms with van der Waals surface area (Å²) in [5.74, 6) is 0.910. The number of methoxy groups -OCH3 is 1. The molecule has 5 nitrogen and oxygen atoms in total. The number of halogens is 1. The Morgan fingerprint density at radius 3 is 2.60 bits per heavy atom. The maximum atomic E-state index is 12.2. The molecule has 0 aliphatic rings. The van der Waals surface area contributed by atoms with Gasteiger partial charge in [-0.2, -0.15) is 0 Å². The van der Waals surface area contributed by atoms with Crippen molar-refractivity contribution in [1.82, 2.24) is 0 Å². The lowest BCUT2D eigenvalue weighted by Crippen LogP contribution is -2.22. The molecule has 0 aliphatic carbocycles. The number of hydrogen-bond donors (Lipinski definition) is 1. The first-order chi connectivity index (χ1) is 12.1. The Bertz CT molecular complexity index is 718. The van der Waals surface area contributed by atoms with E-state index in [1.165, 1.54) is 7.11 Å². The molecule has 0 aromatic heterocycles. The van der Waals surface area contributed by atoms with Crippen molar-refractivity contribution in [3.05, 3.63) is 47.5 Å². The van der Waals surface area contributed by atoms with Crippen molar-refractivity contribution in [3.63, 3.8) is 0 Å². The van der Waals surface area contributed by atoms with Crippen molar-refractivity contribution >= 4 is 28.9 Å². The zero-order chi connectivity index (χ0) is 18.2. The highest BCUT2D eigenvalue weighted by molar-refractivity contribution is 6.31. The third kappa shape index (κ3) is 5.29. The number of carbonyl (C=O) groups excluding carboxylic acids is 1. The van der Waals surface area contributed by atoms with Crippen LogP contribution in [0.2, 0.25) is 5.02 Å². The fourth-order valence-corrected chi connectivity index (χ4v) is 2.64. The Labute approximate surface area is 153 Å². The molecule has 0 saturated carbocycles. The highest BCUT2D eigenvalue weighted by Gasteiger charge is 2.10. The van der Waals surface area contributed by atoms with E-state index in [2.05, 4.69) is 24.1 Å². The van der Waals surface area contributed by atoms with Gasteiger partial charge in [0.1, 0.15) is 11.5 Å². The van der Waals surface area contributed by atoms with Gasteiger partial charge in [-0.1, -0.05) is 17.7 Å². The molecule has 0 unspecified atom stereocenters. The van der Waals surface area contributed by atoms with Gasteiger partial charge in [-0.15, -0.1) is 0 Å². The summed E-state index contributed by atoms with van der Waals surface area (Å²) < 4.78 is 10.8. The normalized spacial score (nSPS) is 10.2. The minimum Gasteiger partial charge on any atom is -0.495 e. The van der Waals surface area contributed by atoms with Gasteiger partial charge in [0.25, 0.3) is 5.91 Å². The Kier molecular flexibility index (Phi) is 6.95. The van der Waals surface area contributed by atoms with Crippen LogP contribution in [0.25, 0.3) is 0 Å². The molecule has 2 aromatic rings. The topological polar surface area (TPSA) is 50.8 Å². The van der Waals surface area contributed by atoms with Crippen molar-refractivity contribution in [2.45, 2.75) is 13.8 Å². The van der Waals surface area contributed by atoms with Gasteiger partial charge in [0.2, 0.25) is 0 Å². The molecule has 0 radical (unpaired) electrons. The van der Waals surface area contributed by atoms with Crippen LogP contribution in [-0.2, 0) is 4.79 Å². The zero-order valence-corrected chi connectivity index (χ0v) is 15.5. The highest BCUT2D eigenvalue weighted by atomic mass is 35.5. The lowest BCUT2D eigenvalue weighted by Gasteiger charge is -2.21. The third-order valence-corrected chi connectivity index (χ3v) is 3.99. The maximum absolute atomic E-state index is 12.2.